The summed E-state index contributed by atoms with van der Waals surface area (Å²) in [6, 6.07) is 6.60. The minimum Gasteiger partial charge on any atom is -0.405 e. The van der Waals surface area contributed by atoms with Gasteiger partial charge in [-0.15, -0.1) is 0 Å². The molecule has 0 saturated carbocycles. The summed E-state index contributed by atoms with van der Waals surface area (Å²) in [4.78, 5) is 0. The predicted octanol–water partition coefficient (Wildman–Crippen LogP) is 2.08. The van der Waals surface area contributed by atoms with Gasteiger partial charge in [0.2, 0.25) is 0 Å². The van der Waals surface area contributed by atoms with Crippen molar-refractivity contribution < 1.29 is 9.31 Å². The second-order valence-electron chi connectivity index (χ2n) is 4.61. The van der Waals surface area contributed by atoms with Crippen LogP contribution in [0.5, 0.6) is 0 Å². The first-order chi connectivity index (χ1) is 7.69. The SMILES string of the molecule is CCCc1cc(C)cc(B2OCC(C)O2)c1. The molecular formula is C13H19BO2. The molecule has 2 rings (SSSR count). The molecule has 1 aliphatic rings. The lowest BCUT2D eigenvalue weighted by atomic mass is 9.77. The van der Waals surface area contributed by atoms with Crippen LogP contribution in [0.2, 0.25) is 0 Å². The maximum Gasteiger partial charge on any atom is 0.494 e. The van der Waals surface area contributed by atoms with E-state index >= 15 is 0 Å². The standard InChI is InChI=1S/C13H19BO2/c1-4-5-12-6-10(2)7-13(8-12)14-15-9-11(3)16-14/h6-8,11H,4-5,9H2,1-3H3. The van der Waals surface area contributed by atoms with E-state index in [1.165, 1.54) is 17.5 Å². The van der Waals surface area contributed by atoms with E-state index in [1.807, 2.05) is 6.92 Å². The number of aryl methyl sites for hydroxylation is 2. The van der Waals surface area contributed by atoms with Crippen molar-refractivity contribution in [1.29, 1.82) is 0 Å². The number of hydrogen-bond acceptors (Lipinski definition) is 2. The lowest BCUT2D eigenvalue weighted by Gasteiger charge is -2.09. The first-order valence-electron chi connectivity index (χ1n) is 6.06. The Morgan fingerprint density at radius 3 is 2.81 bits per heavy atom. The van der Waals surface area contributed by atoms with Crippen molar-refractivity contribution in [2.45, 2.75) is 39.7 Å². The minimum atomic E-state index is -0.162. The summed E-state index contributed by atoms with van der Waals surface area (Å²) >= 11 is 0. The molecule has 0 N–H and O–H groups in total. The van der Waals surface area contributed by atoms with Crippen molar-refractivity contribution in [2.24, 2.45) is 0 Å². The summed E-state index contributed by atoms with van der Waals surface area (Å²) in [7, 11) is -0.162. The average molecular weight is 218 g/mol. The molecule has 0 spiro atoms. The highest BCUT2D eigenvalue weighted by Gasteiger charge is 2.30. The smallest absolute Gasteiger partial charge is 0.405 e. The summed E-state index contributed by atoms with van der Waals surface area (Å²) in [5.74, 6) is 0. The normalized spacial score (nSPS) is 20.4. The Bertz CT molecular complexity index is 365. The fourth-order valence-electron chi connectivity index (χ4n) is 2.15. The summed E-state index contributed by atoms with van der Waals surface area (Å²) in [5, 5.41) is 0. The van der Waals surface area contributed by atoms with E-state index in [0.29, 0.717) is 6.61 Å². The Morgan fingerprint density at radius 1 is 1.38 bits per heavy atom. The van der Waals surface area contributed by atoms with E-state index in [4.69, 9.17) is 9.31 Å². The van der Waals surface area contributed by atoms with Gasteiger partial charge in [0, 0.05) is 0 Å². The van der Waals surface area contributed by atoms with Crippen LogP contribution in [0, 0.1) is 6.92 Å². The van der Waals surface area contributed by atoms with Crippen LogP contribution in [0.1, 0.15) is 31.4 Å². The van der Waals surface area contributed by atoms with Gasteiger partial charge in [0.1, 0.15) is 0 Å². The largest absolute Gasteiger partial charge is 0.494 e. The van der Waals surface area contributed by atoms with Gasteiger partial charge >= 0.3 is 7.12 Å². The first kappa shape index (κ1) is 11.7. The monoisotopic (exact) mass is 218 g/mol. The van der Waals surface area contributed by atoms with Gasteiger partial charge in [0.25, 0.3) is 0 Å². The third-order valence-corrected chi connectivity index (χ3v) is 2.81. The van der Waals surface area contributed by atoms with Crippen molar-refractivity contribution in [3.8, 4) is 0 Å². The van der Waals surface area contributed by atoms with Crippen molar-refractivity contribution >= 4 is 12.6 Å². The molecule has 0 radical (unpaired) electrons. The Balaban J connectivity index is 2.20. The zero-order chi connectivity index (χ0) is 11.5. The highest BCUT2D eigenvalue weighted by Crippen LogP contribution is 2.11. The first-order valence-corrected chi connectivity index (χ1v) is 6.06. The molecule has 1 aromatic rings. The van der Waals surface area contributed by atoms with Crippen LogP contribution in [-0.4, -0.2) is 19.8 Å². The molecule has 0 aliphatic carbocycles. The third kappa shape index (κ3) is 2.66. The molecule has 2 nitrogen and oxygen atoms in total. The van der Waals surface area contributed by atoms with Gasteiger partial charge in [-0.25, -0.2) is 0 Å². The molecule has 1 unspecified atom stereocenters. The molecule has 0 amide bonds. The molecule has 1 aliphatic heterocycles. The summed E-state index contributed by atoms with van der Waals surface area (Å²) in [6.45, 7) is 7.07. The Morgan fingerprint density at radius 2 is 2.19 bits per heavy atom. The summed E-state index contributed by atoms with van der Waals surface area (Å²) in [6.07, 6.45) is 2.50. The van der Waals surface area contributed by atoms with Crippen molar-refractivity contribution in [3.05, 3.63) is 29.3 Å². The van der Waals surface area contributed by atoms with Crippen LogP contribution >= 0.6 is 0 Å². The predicted molar refractivity (Wildman–Crippen MR) is 67.1 cm³/mol. The number of benzene rings is 1. The molecule has 1 atom stereocenters. The van der Waals surface area contributed by atoms with Crippen LogP contribution in [0.3, 0.4) is 0 Å². The highest BCUT2D eigenvalue weighted by atomic mass is 16.6. The van der Waals surface area contributed by atoms with Crippen LogP contribution in [0.15, 0.2) is 18.2 Å². The molecule has 1 heterocycles. The molecule has 1 aromatic carbocycles. The van der Waals surface area contributed by atoms with Gasteiger partial charge in [-0.1, -0.05) is 37.1 Å². The fourth-order valence-corrected chi connectivity index (χ4v) is 2.15. The van der Waals surface area contributed by atoms with Crippen LogP contribution < -0.4 is 5.46 Å². The second kappa shape index (κ2) is 5.02. The molecule has 1 fully saturated rings. The van der Waals surface area contributed by atoms with E-state index in [0.717, 1.165) is 11.9 Å². The van der Waals surface area contributed by atoms with E-state index in [2.05, 4.69) is 32.0 Å². The van der Waals surface area contributed by atoms with Gasteiger partial charge < -0.3 is 9.31 Å². The van der Waals surface area contributed by atoms with Gasteiger partial charge in [-0.05, 0) is 31.3 Å². The summed E-state index contributed by atoms with van der Waals surface area (Å²) in [5.41, 5.74) is 3.82. The summed E-state index contributed by atoms with van der Waals surface area (Å²) < 4.78 is 11.3. The average Bonchev–Trinajstić information content (AvgIpc) is 2.64. The second-order valence-corrected chi connectivity index (χ2v) is 4.61. The Kier molecular flexibility index (Phi) is 3.67. The van der Waals surface area contributed by atoms with Gasteiger partial charge in [-0.2, -0.15) is 0 Å². The molecule has 3 heteroatoms. The van der Waals surface area contributed by atoms with Crippen LogP contribution in [0.4, 0.5) is 0 Å². The topological polar surface area (TPSA) is 18.5 Å². The van der Waals surface area contributed by atoms with Gasteiger partial charge in [-0.3, -0.25) is 0 Å². The molecule has 86 valence electrons. The molecular weight excluding hydrogens is 199 g/mol. The highest BCUT2D eigenvalue weighted by molar-refractivity contribution is 6.61. The zero-order valence-electron chi connectivity index (χ0n) is 10.3. The van der Waals surface area contributed by atoms with Crippen molar-refractivity contribution in [2.75, 3.05) is 6.61 Å². The van der Waals surface area contributed by atoms with E-state index in [-0.39, 0.29) is 13.2 Å². The van der Waals surface area contributed by atoms with E-state index in [1.54, 1.807) is 0 Å². The molecule has 1 saturated heterocycles. The minimum absolute atomic E-state index is 0.162. The molecule has 16 heavy (non-hydrogen) atoms. The van der Waals surface area contributed by atoms with Crippen LogP contribution in [0.25, 0.3) is 0 Å². The van der Waals surface area contributed by atoms with E-state index in [9.17, 15) is 0 Å². The van der Waals surface area contributed by atoms with Gasteiger partial charge in [0.15, 0.2) is 0 Å². The molecule has 0 aromatic heterocycles. The maximum absolute atomic E-state index is 5.71. The lowest BCUT2D eigenvalue weighted by molar-refractivity contribution is 0.258. The number of rotatable bonds is 3. The van der Waals surface area contributed by atoms with Crippen molar-refractivity contribution in [1.82, 2.24) is 0 Å². The Hall–Kier alpha value is -0.795. The third-order valence-electron chi connectivity index (χ3n) is 2.81. The van der Waals surface area contributed by atoms with Crippen molar-refractivity contribution in [3.63, 3.8) is 0 Å². The number of hydrogen-bond donors (Lipinski definition) is 0. The molecule has 0 bridgehead atoms. The quantitative estimate of drug-likeness (QED) is 0.723. The Labute approximate surface area is 98.1 Å². The zero-order valence-corrected chi connectivity index (χ0v) is 10.3. The lowest BCUT2D eigenvalue weighted by Crippen LogP contribution is -2.32. The van der Waals surface area contributed by atoms with Gasteiger partial charge in [0.05, 0.1) is 12.7 Å². The van der Waals surface area contributed by atoms with Crippen LogP contribution in [-0.2, 0) is 15.7 Å². The van der Waals surface area contributed by atoms with E-state index < -0.39 is 0 Å². The maximum atomic E-state index is 5.71. The fraction of sp³-hybridized carbons (Fsp3) is 0.538.